The molecule has 1 heterocycles. The number of hydrogen-bond acceptors (Lipinski definition) is 3. The molecule has 2 rings (SSSR count). The minimum absolute atomic E-state index is 0.100. The van der Waals surface area contributed by atoms with Crippen molar-refractivity contribution in [3.8, 4) is 5.75 Å². The van der Waals surface area contributed by atoms with Crippen molar-refractivity contribution in [2.45, 2.75) is 6.42 Å². The first-order chi connectivity index (χ1) is 9.65. The lowest BCUT2D eigenvalue weighted by atomic mass is 10.2. The average molecular weight is 310 g/mol. The quantitative estimate of drug-likeness (QED) is 0.817. The largest absolute Gasteiger partial charge is 0.492 e. The van der Waals surface area contributed by atoms with Gasteiger partial charge < -0.3 is 9.64 Å². The van der Waals surface area contributed by atoms with Gasteiger partial charge in [-0.2, -0.15) is 11.3 Å². The van der Waals surface area contributed by atoms with Crippen molar-refractivity contribution in [1.29, 1.82) is 0 Å². The predicted molar refractivity (Wildman–Crippen MR) is 82.6 cm³/mol. The fraction of sp³-hybridized carbons (Fsp3) is 0.267. The number of likely N-dealkylation sites (N-methyl/N-ethyl adjacent to an activating group) is 1. The lowest BCUT2D eigenvalue weighted by Crippen LogP contribution is -2.31. The van der Waals surface area contributed by atoms with Gasteiger partial charge in [-0.05, 0) is 46.7 Å². The molecule has 0 saturated carbocycles. The van der Waals surface area contributed by atoms with Crippen LogP contribution in [0.5, 0.6) is 5.75 Å². The summed E-state index contributed by atoms with van der Waals surface area (Å²) in [4.78, 5) is 13.6. The van der Waals surface area contributed by atoms with Gasteiger partial charge in [-0.3, -0.25) is 4.79 Å². The Labute approximate surface area is 127 Å². The number of hydrogen-bond donors (Lipinski definition) is 0. The van der Waals surface area contributed by atoms with Crippen molar-refractivity contribution >= 4 is 28.8 Å². The van der Waals surface area contributed by atoms with Gasteiger partial charge in [0.25, 0.3) is 0 Å². The van der Waals surface area contributed by atoms with Crippen LogP contribution in [0.4, 0.5) is 0 Å². The van der Waals surface area contributed by atoms with E-state index >= 15 is 0 Å². The molecule has 0 saturated heterocycles. The molecule has 0 aliphatic rings. The molecule has 0 aliphatic carbocycles. The van der Waals surface area contributed by atoms with Gasteiger partial charge in [-0.15, -0.1) is 0 Å². The van der Waals surface area contributed by atoms with Crippen molar-refractivity contribution in [2.24, 2.45) is 0 Å². The van der Waals surface area contributed by atoms with Gasteiger partial charge in [0.2, 0.25) is 5.91 Å². The van der Waals surface area contributed by atoms with Crippen LogP contribution in [0.2, 0.25) is 5.02 Å². The third-order valence-corrected chi connectivity index (χ3v) is 3.85. The topological polar surface area (TPSA) is 29.5 Å². The summed E-state index contributed by atoms with van der Waals surface area (Å²) in [5.41, 5.74) is 1.06. The molecule has 3 nitrogen and oxygen atoms in total. The van der Waals surface area contributed by atoms with E-state index in [0.717, 1.165) is 11.3 Å². The maximum Gasteiger partial charge on any atom is 0.226 e. The number of carbonyl (C=O) groups is 1. The molecule has 1 aromatic heterocycles. The molecule has 0 fully saturated rings. The van der Waals surface area contributed by atoms with Crippen molar-refractivity contribution < 1.29 is 9.53 Å². The SMILES string of the molecule is CN(CCOc1ccc(Cl)cc1)C(=O)Cc1ccsc1. The Balaban J connectivity index is 1.73. The second kappa shape index (κ2) is 7.31. The highest BCUT2D eigenvalue weighted by molar-refractivity contribution is 7.07. The second-order valence-corrected chi connectivity index (χ2v) is 5.64. The van der Waals surface area contributed by atoms with E-state index in [0.29, 0.717) is 24.6 Å². The summed E-state index contributed by atoms with van der Waals surface area (Å²) in [6.07, 6.45) is 0.445. The van der Waals surface area contributed by atoms with Crippen LogP contribution in [0.15, 0.2) is 41.1 Å². The molecule has 20 heavy (non-hydrogen) atoms. The van der Waals surface area contributed by atoms with Crippen LogP contribution in [0, 0.1) is 0 Å². The summed E-state index contributed by atoms with van der Waals surface area (Å²) in [5.74, 6) is 0.858. The molecule has 0 unspecified atom stereocenters. The standard InChI is InChI=1S/C15H16ClNO2S/c1-17(15(18)10-12-6-9-20-11-12)7-8-19-14-4-2-13(16)3-5-14/h2-6,9,11H,7-8,10H2,1H3. The van der Waals surface area contributed by atoms with E-state index in [2.05, 4.69) is 0 Å². The highest BCUT2D eigenvalue weighted by atomic mass is 35.5. The molecule has 0 aliphatic heterocycles. The van der Waals surface area contributed by atoms with Crippen molar-refractivity contribution in [2.75, 3.05) is 20.2 Å². The van der Waals surface area contributed by atoms with E-state index in [9.17, 15) is 4.79 Å². The van der Waals surface area contributed by atoms with Gasteiger partial charge in [0.05, 0.1) is 13.0 Å². The molecular formula is C15H16ClNO2S. The molecule has 106 valence electrons. The highest BCUT2D eigenvalue weighted by Gasteiger charge is 2.09. The summed E-state index contributed by atoms with van der Waals surface area (Å²) >= 11 is 7.40. The van der Waals surface area contributed by atoms with E-state index in [1.807, 2.05) is 29.0 Å². The first-order valence-corrected chi connectivity index (χ1v) is 7.60. The van der Waals surface area contributed by atoms with Gasteiger partial charge in [0.1, 0.15) is 12.4 Å². The Kier molecular flexibility index (Phi) is 5.44. The molecule has 0 atom stereocenters. The van der Waals surface area contributed by atoms with Gasteiger partial charge >= 0.3 is 0 Å². The number of benzene rings is 1. The van der Waals surface area contributed by atoms with Crippen molar-refractivity contribution in [3.63, 3.8) is 0 Å². The first-order valence-electron chi connectivity index (χ1n) is 6.28. The van der Waals surface area contributed by atoms with E-state index < -0.39 is 0 Å². The van der Waals surface area contributed by atoms with Gasteiger partial charge in [-0.1, -0.05) is 11.6 Å². The molecule has 2 aromatic rings. The summed E-state index contributed by atoms with van der Waals surface area (Å²) in [5, 5.41) is 4.66. The van der Waals surface area contributed by atoms with Crippen LogP contribution < -0.4 is 4.74 Å². The number of ether oxygens (including phenoxy) is 1. The maximum absolute atomic E-state index is 12.0. The lowest BCUT2D eigenvalue weighted by Gasteiger charge is -2.17. The number of rotatable bonds is 6. The summed E-state index contributed by atoms with van der Waals surface area (Å²) in [7, 11) is 1.79. The van der Waals surface area contributed by atoms with Crippen LogP contribution in [0.25, 0.3) is 0 Å². The molecule has 5 heteroatoms. The normalized spacial score (nSPS) is 10.3. The Morgan fingerprint density at radius 1 is 1.30 bits per heavy atom. The van der Waals surface area contributed by atoms with E-state index in [-0.39, 0.29) is 5.91 Å². The van der Waals surface area contributed by atoms with Crippen LogP contribution in [-0.4, -0.2) is 31.0 Å². The summed E-state index contributed by atoms with van der Waals surface area (Å²) in [6.45, 7) is 1.03. The fourth-order valence-electron chi connectivity index (χ4n) is 1.66. The Bertz CT molecular complexity index is 540. The molecule has 0 spiro atoms. The van der Waals surface area contributed by atoms with Crippen molar-refractivity contribution in [3.05, 3.63) is 51.7 Å². The van der Waals surface area contributed by atoms with Crippen LogP contribution in [0.1, 0.15) is 5.56 Å². The highest BCUT2D eigenvalue weighted by Crippen LogP contribution is 2.15. The molecule has 0 radical (unpaired) electrons. The third-order valence-electron chi connectivity index (χ3n) is 2.87. The van der Waals surface area contributed by atoms with Gasteiger partial charge in [-0.25, -0.2) is 0 Å². The number of thiophene rings is 1. The number of carbonyl (C=O) groups excluding carboxylic acids is 1. The average Bonchev–Trinajstić information content (AvgIpc) is 2.93. The van der Waals surface area contributed by atoms with Crippen LogP contribution in [-0.2, 0) is 11.2 Å². The molecule has 0 N–H and O–H groups in total. The molecule has 1 aromatic carbocycles. The minimum atomic E-state index is 0.100. The maximum atomic E-state index is 12.0. The van der Waals surface area contributed by atoms with E-state index in [1.165, 1.54) is 0 Å². The van der Waals surface area contributed by atoms with E-state index in [4.69, 9.17) is 16.3 Å². The molecular weight excluding hydrogens is 294 g/mol. The first kappa shape index (κ1) is 14.9. The molecule has 0 bridgehead atoms. The van der Waals surface area contributed by atoms with Gasteiger partial charge in [0, 0.05) is 12.1 Å². The smallest absolute Gasteiger partial charge is 0.226 e. The molecule has 1 amide bonds. The monoisotopic (exact) mass is 309 g/mol. The van der Waals surface area contributed by atoms with E-state index in [1.54, 1.807) is 35.4 Å². The zero-order valence-electron chi connectivity index (χ0n) is 11.2. The zero-order valence-corrected chi connectivity index (χ0v) is 12.8. The van der Waals surface area contributed by atoms with Crippen molar-refractivity contribution in [1.82, 2.24) is 4.90 Å². The van der Waals surface area contributed by atoms with Crippen LogP contribution in [0.3, 0.4) is 0 Å². The van der Waals surface area contributed by atoms with Crippen LogP contribution >= 0.6 is 22.9 Å². The fourth-order valence-corrected chi connectivity index (χ4v) is 2.45. The Hall–Kier alpha value is -1.52. The lowest BCUT2D eigenvalue weighted by molar-refractivity contribution is -0.129. The number of halogens is 1. The Morgan fingerprint density at radius 2 is 2.05 bits per heavy atom. The minimum Gasteiger partial charge on any atom is -0.492 e. The number of amides is 1. The zero-order chi connectivity index (χ0) is 14.4. The summed E-state index contributed by atoms with van der Waals surface area (Å²) < 4.78 is 5.57. The predicted octanol–water partition coefficient (Wildman–Crippen LogP) is 3.48. The Morgan fingerprint density at radius 3 is 2.70 bits per heavy atom. The third kappa shape index (κ3) is 4.54. The van der Waals surface area contributed by atoms with Gasteiger partial charge in [0.15, 0.2) is 0 Å². The number of nitrogens with zero attached hydrogens (tertiary/aromatic N) is 1. The second-order valence-electron chi connectivity index (χ2n) is 4.43. The summed E-state index contributed by atoms with van der Waals surface area (Å²) in [6, 6.07) is 9.16.